The van der Waals surface area contributed by atoms with Crippen molar-refractivity contribution in [2.75, 3.05) is 18.1 Å². The van der Waals surface area contributed by atoms with Gasteiger partial charge in [-0.15, -0.1) is 0 Å². The molecule has 0 bridgehead atoms. The molecule has 2 aromatic carbocycles. The van der Waals surface area contributed by atoms with Crippen LogP contribution in [-0.2, 0) is 4.79 Å². The summed E-state index contributed by atoms with van der Waals surface area (Å²) in [5.74, 6) is 0.240. The number of rotatable bonds is 3. The van der Waals surface area contributed by atoms with Crippen LogP contribution in [0.3, 0.4) is 0 Å². The normalized spacial score (nSPS) is 13.5. The zero-order valence-electron chi connectivity index (χ0n) is 13.1. The van der Waals surface area contributed by atoms with Gasteiger partial charge in [-0.2, -0.15) is 0 Å². The summed E-state index contributed by atoms with van der Waals surface area (Å²) in [4.78, 5) is 24.5. The van der Waals surface area contributed by atoms with Gasteiger partial charge in [0.1, 0.15) is 12.4 Å². The Balaban J connectivity index is 1.85. The highest BCUT2D eigenvalue weighted by Crippen LogP contribution is 2.35. The third kappa shape index (κ3) is 3.27. The summed E-state index contributed by atoms with van der Waals surface area (Å²) in [6.07, 6.45) is 3.20. The smallest absolute Gasteiger partial charge is 0.271 e. The minimum absolute atomic E-state index is 0.0698. The first-order valence-electron chi connectivity index (χ1n) is 7.52. The van der Waals surface area contributed by atoms with Gasteiger partial charge in [0.25, 0.3) is 11.6 Å². The summed E-state index contributed by atoms with van der Waals surface area (Å²) >= 11 is 0. The van der Waals surface area contributed by atoms with Crippen molar-refractivity contribution in [3.63, 3.8) is 0 Å². The number of ether oxygens (including phenoxy) is 1. The Morgan fingerprint density at radius 2 is 2.00 bits per heavy atom. The van der Waals surface area contributed by atoms with Gasteiger partial charge in [-0.25, -0.2) is 0 Å². The van der Waals surface area contributed by atoms with Crippen LogP contribution in [0.5, 0.6) is 5.75 Å². The molecule has 0 radical (unpaired) electrons. The summed E-state index contributed by atoms with van der Waals surface area (Å²) in [7, 11) is 0. The minimum Gasteiger partial charge on any atom is -0.490 e. The largest absolute Gasteiger partial charge is 0.490 e. The quantitative estimate of drug-likeness (QED) is 0.493. The van der Waals surface area contributed by atoms with E-state index in [0.29, 0.717) is 24.6 Å². The van der Waals surface area contributed by atoms with Crippen LogP contribution in [0.4, 0.5) is 11.4 Å². The van der Waals surface area contributed by atoms with Crippen molar-refractivity contribution in [2.24, 2.45) is 0 Å². The molecule has 24 heavy (non-hydrogen) atoms. The predicted molar refractivity (Wildman–Crippen MR) is 91.2 cm³/mol. The van der Waals surface area contributed by atoms with Crippen molar-refractivity contribution >= 4 is 23.4 Å². The molecule has 3 rings (SSSR count). The number of nitro benzene ring substituents is 1. The predicted octanol–water partition coefficient (Wildman–Crippen LogP) is 3.34. The Labute approximate surface area is 139 Å². The third-order valence-electron chi connectivity index (χ3n) is 3.78. The summed E-state index contributed by atoms with van der Waals surface area (Å²) in [5, 5.41) is 10.9. The lowest BCUT2D eigenvalue weighted by Crippen LogP contribution is -2.36. The average Bonchev–Trinajstić information content (AvgIpc) is 2.60. The summed E-state index contributed by atoms with van der Waals surface area (Å²) in [6, 6.07) is 12.1. The van der Waals surface area contributed by atoms with Gasteiger partial charge in [-0.1, -0.05) is 29.8 Å². The average molecular weight is 324 g/mol. The number of hydrogen-bond donors (Lipinski definition) is 0. The molecule has 6 nitrogen and oxygen atoms in total. The second-order valence-electron chi connectivity index (χ2n) is 5.49. The second-order valence-corrected chi connectivity index (χ2v) is 5.49. The van der Waals surface area contributed by atoms with Gasteiger partial charge in [-0.05, 0) is 24.6 Å². The third-order valence-corrected chi connectivity index (χ3v) is 3.78. The van der Waals surface area contributed by atoms with Gasteiger partial charge in [0, 0.05) is 18.2 Å². The molecule has 1 amide bonds. The second kappa shape index (κ2) is 6.54. The molecule has 0 spiro atoms. The Bertz CT molecular complexity index is 812. The Morgan fingerprint density at radius 1 is 1.25 bits per heavy atom. The van der Waals surface area contributed by atoms with Gasteiger partial charge in [0.15, 0.2) is 0 Å². The number of carbonyl (C=O) groups is 1. The van der Waals surface area contributed by atoms with E-state index in [1.54, 1.807) is 6.08 Å². The SMILES string of the molecule is Cc1ccc(/C=C/C(=O)N2CCOc3ccc([N+](=O)[O-])cc32)cc1. The molecule has 0 atom stereocenters. The highest BCUT2D eigenvalue weighted by molar-refractivity contribution is 6.05. The van der Waals surface area contributed by atoms with Crippen molar-refractivity contribution in [1.82, 2.24) is 0 Å². The van der Waals surface area contributed by atoms with Crippen molar-refractivity contribution in [3.05, 3.63) is 69.8 Å². The number of anilines is 1. The number of benzene rings is 2. The molecule has 1 aliphatic rings. The van der Waals surface area contributed by atoms with E-state index in [-0.39, 0.29) is 11.6 Å². The fourth-order valence-electron chi connectivity index (χ4n) is 2.48. The van der Waals surface area contributed by atoms with E-state index in [9.17, 15) is 14.9 Å². The van der Waals surface area contributed by atoms with Crippen LogP contribution in [0.2, 0.25) is 0 Å². The number of non-ortho nitro benzene ring substituents is 1. The van der Waals surface area contributed by atoms with Crippen LogP contribution in [-0.4, -0.2) is 24.0 Å². The molecular weight excluding hydrogens is 308 g/mol. The van der Waals surface area contributed by atoms with Crippen molar-refractivity contribution in [3.8, 4) is 5.75 Å². The summed E-state index contributed by atoms with van der Waals surface area (Å²) in [6.45, 7) is 2.70. The zero-order valence-corrected chi connectivity index (χ0v) is 13.1. The topological polar surface area (TPSA) is 72.7 Å². The van der Waals surface area contributed by atoms with Crippen LogP contribution in [0.25, 0.3) is 6.08 Å². The van der Waals surface area contributed by atoms with E-state index < -0.39 is 4.92 Å². The molecule has 0 saturated carbocycles. The van der Waals surface area contributed by atoms with E-state index in [1.807, 2.05) is 31.2 Å². The van der Waals surface area contributed by atoms with E-state index in [0.717, 1.165) is 11.1 Å². The number of nitrogens with zero attached hydrogens (tertiary/aromatic N) is 2. The summed E-state index contributed by atoms with van der Waals surface area (Å²) in [5.41, 5.74) is 2.42. The molecule has 122 valence electrons. The Hall–Kier alpha value is -3.15. The highest BCUT2D eigenvalue weighted by atomic mass is 16.6. The maximum atomic E-state index is 12.5. The van der Waals surface area contributed by atoms with Gasteiger partial charge >= 0.3 is 0 Å². The number of fused-ring (bicyclic) bond motifs is 1. The van der Waals surface area contributed by atoms with E-state index in [1.165, 1.54) is 29.2 Å². The van der Waals surface area contributed by atoms with E-state index in [4.69, 9.17) is 4.74 Å². The Kier molecular flexibility index (Phi) is 4.29. The molecule has 6 heteroatoms. The first-order chi connectivity index (χ1) is 11.5. The van der Waals surface area contributed by atoms with Crippen molar-refractivity contribution in [1.29, 1.82) is 0 Å². The lowest BCUT2D eigenvalue weighted by atomic mass is 10.1. The van der Waals surface area contributed by atoms with Crippen molar-refractivity contribution < 1.29 is 14.5 Å². The molecule has 0 fully saturated rings. The number of hydrogen-bond acceptors (Lipinski definition) is 4. The van der Waals surface area contributed by atoms with E-state index >= 15 is 0 Å². The van der Waals surface area contributed by atoms with Gasteiger partial charge in [0.05, 0.1) is 17.2 Å². The van der Waals surface area contributed by atoms with Crippen LogP contribution >= 0.6 is 0 Å². The number of aryl methyl sites for hydroxylation is 1. The van der Waals surface area contributed by atoms with Crippen LogP contribution in [0.15, 0.2) is 48.5 Å². The monoisotopic (exact) mass is 324 g/mol. The zero-order chi connectivity index (χ0) is 17.1. The standard InChI is InChI=1S/C18H16N2O4/c1-13-2-4-14(5-3-13)6-9-18(21)19-10-11-24-17-8-7-15(20(22)23)12-16(17)19/h2-9,12H,10-11H2,1H3/b9-6+. The number of nitro groups is 1. The van der Waals surface area contributed by atoms with Crippen LogP contribution < -0.4 is 9.64 Å². The van der Waals surface area contributed by atoms with Crippen molar-refractivity contribution in [2.45, 2.75) is 6.92 Å². The molecule has 2 aromatic rings. The number of carbonyl (C=O) groups excluding carboxylic acids is 1. The van der Waals surface area contributed by atoms with E-state index in [2.05, 4.69) is 0 Å². The lowest BCUT2D eigenvalue weighted by Gasteiger charge is -2.28. The molecule has 0 unspecified atom stereocenters. The van der Waals surface area contributed by atoms with Gasteiger partial charge in [-0.3, -0.25) is 14.9 Å². The Morgan fingerprint density at radius 3 is 2.71 bits per heavy atom. The maximum absolute atomic E-state index is 12.5. The molecule has 0 N–H and O–H groups in total. The number of amides is 1. The summed E-state index contributed by atoms with van der Waals surface area (Å²) < 4.78 is 5.47. The lowest BCUT2D eigenvalue weighted by molar-refractivity contribution is -0.384. The molecule has 0 aliphatic carbocycles. The fraction of sp³-hybridized carbons (Fsp3) is 0.167. The molecular formula is C18H16N2O4. The minimum atomic E-state index is -0.486. The fourth-order valence-corrected chi connectivity index (χ4v) is 2.48. The first kappa shape index (κ1) is 15.7. The molecule has 1 heterocycles. The molecule has 1 aliphatic heterocycles. The van der Waals surface area contributed by atoms with Crippen LogP contribution in [0, 0.1) is 17.0 Å². The van der Waals surface area contributed by atoms with Crippen LogP contribution in [0.1, 0.15) is 11.1 Å². The van der Waals surface area contributed by atoms with Gasteiger partial charge in [0.2, 0.25) is 0 Å². The molecule has 0 aromatic heterocycles. The molecule has 0 saturated heterocycles. The first-order valence-corrected chi connectivity index (χ1v) is 7.52. The maximum Gasteiger partial charge on any atom is 0.271 e. The van der Waals surface area contributed by atoms with Gasteiger partial charge < -0.3 is 9.64 Å². The highest BCUT2D eigenvalue weighted by Gasteiger charge is 2.24.